The number of hydrogen-bond acceptors (Lipinski definition) is 5. The largest absolute Gasteiger partial charge is 0.497 e. The molecular weight excluding hydrogens is 352 g/mol. The highest BCUT2D eigenvalue weighted by molar-refractivity contribution is 7.89. The third-order valence-electron chi connectivity index (χ3n) is 5.75. The second-order valence-electron chi connectivity index (χ2n) is 7.37. The Bertz CT molecular complexity index is 706. The summed E-state index contributed by atoms with van der Waals surface area (Å²) < 4.78 is 38.3. The molecule has 0 N–H and O–H groups in total. The number of ether oxygens (including phenoxy) is 2. The lowest BCUT2D eigenvalue weighted by atomic mass is 9.95. The van der Waals surface area contributed by atoms with Crippen LogP contribution in [0.3, 0.4) is 0 Å². The Morgan fingerprint density at radius 3 is 2.19 bits per heavy atom. The van der Waals surface area contributed by atoms with Crippen LogP contribution in [-0.2, 0) is 10.0 Å². The van der Waals surface area contributed by atoms with Crippen LogP contribution in [0.2, 0.25) is 0 Å². The van der Waals surface area contributed by atoms with E-state index < -0.39 is 10.0 Å². The van der Waals surface area contributed by atoms with Gasteiger partial charge in [0.15, 0.2) is 0 Å². The number of piperidine rings is 2. The van der Waals surface area contributed by atoms with Gasteiger partial charge in [0, 0.05) is 25.2 Å². The first-order valence-electron chi connectivity index (χ1n) is 9.42. The smallest absolute Gasteiger partial charge is 0.246 e. The standard InChI is InChI=1S/C19H30N2O4S/c1-15-6-10-20(11-7-15)16-8-12-21(13-9-16)26(22,23)19-14-17(24-2)4-5-18(19)25-3/h4-5,14-16H,6-13H2,1-3H3. The highest BCUT2D eigenvalue weighted by Crippen LogP contribution is 2.32. The number of sulfonamides is 1. The monoisotopic (exact) mass is 382 g/mol. The molecule has 3 rings (SSSR count). The fraction of sp³-hybridized carbons (Fsp3) is 0.684. The predicted octanol–water partition coefficient (Wildman–Crippen LogP) is 2.59. The summed E-state index contributed by atoms with van der Waals surface area (Å²) in [7, 11) is -0.569. The van der Waals surface area contributed by atoms with Gasteiger partial charge in [-0.05, 0) is 56.8 Å². The van der Waals surface area contributed by atoms with E-state index in [9.17, 15) is 8.42 Å². The van der Waals surface area contributed by atoms with Crippen molar-refractivity contribution in [2.75, 3.05) is 40.4 Å². The van der Waals surface area contributed by atoms with Gasteiger partial charge in [-0.25, -0.2) is 8.42 Å². The molecule has 2 heterocycles. The van der Waals surface area contributed by atoms with Gasteiger partial charge in [0.05, 0.1) is 14.2 Å². The van der Waals surface area contributed by atoms with Crippen LogP contribution in [0, 0.1) is 5.92 Å². The quantitative estimate of drug-likeness (QED) is 0.783. The van der Waals surface area contributed by atoms with Gasteiger partial charge in [-0.15, -0.1) is 0 Å². The van der Waals surface area contributed by atoms with Crippen molar-refractivity contribution in [1.82, 2.24) is 9.21 Å². The molecule has 6 nitrogen and oxygen atoms in total. The molecule has 7 heteroatoms. The van der Waals surface area contributed by atoms with Crippen LogP contribution in [-0.4, -0.2) is 64.1 Å². The van der Waals surface area contributed by atoms with Crippen LogP contribution in [0.25, 0.3) is 0 Å². The predicted molar refractivity (Wildman–Crippen MR) is 101 cm³/mol. The zero-order chi connectivity index (χ0) is 18.7. The molecule has 0 unspecified atom stereocenters. The number of methoxy groups -OCH3 is 2. The topological polar surface area (TPSA) is 59.1 Å². The van der Waals surface area contributed by atoms with Crippen molar-refractivity contribution in [2.45, 2.75) is 43.5 Å². The van der Waals surface area contributed by atoms with E-state index in [4.69, 9.17) is 9.47 Å². The van der Waals surface area contributed by atoms with E-state index in [2.05, 4.69) is 11.8 Å². The molecule has 0 aromatic heterocycles. The number of likely N-dealkylation sites (tertiary alicyclic amines) is 1. The van der Waals surface area contributed by atoms with Crippen molar-refractivity contribution < 1.29 is 17.9 Å². The number of hydrogen-bond donors (Lipinski definition) is 0. The van der Waals surface area contributed by atoms with Crippen molar-refractivity contribution in [1.29, 1.82) is 0 Å². The van der Waals surface area contributed by atoms with Crippen LogP contribution in [0.1, 0.15) is 32.6 Å². The van der Waals surface area contributed by atoms with Crippen LogP contribution in [0.15, 0.2) is 23.1 Å². The summed E-state index contributed by atoms with van der Waals surface area (Å²) in [5, 5.41) is 0. The third-order valence-corrected chi connectivity index (χ3v) is 7.67. The minimum absolute atomic E-state index is 0.185. The molecule has 0 spiro atoms. The Morgan fingerprint density at radius 1 is 0.962 bits per heavy atom. The molecule has 2 aliphatic heterocycles. The van der Waals surface area contributed by atoms with Gasteiger partial charge in [0.25, 0.3) is 0 Å². The van der Waals surface area contributed by atoms with Crippen LogP contribution in [0.5, 0.6) is 11.5 Å². The Labute approximate surface area is 157 Å². The Balaban J connectivity index is 1.70. The molecule has 0 radical (unpaired) electrons. The summed E-state index contributed by atoms with van der Waals surface area (Å²) in [5.74, 6) is 1.69. The SMILES string of the molecule is COc1ccc(OC)c(S(=O)(=O)N2CCC(N3CCC(C)CC3)CC2)c1. The molecule has 146 valence electrons. The molecule has 1 aromatic carbocycles. The van der Waals surface area contributed by atoms with E-state index in [1.54, 1.807) is 22.5 Å². The van der Waals surface area contributed by atoms with E-state index in [0.29, 0.717) is 30.6 Å². The van der Waals surface area contributed by atoms with Crippen molar-refractivity contribution >= 4 is 10.0 Å². The molecule has 0 atom stereocenters. The van der Waals surface area contributed by atoms with Gasteiger partial charge in [0.1, 0.15) is 16.4 Å². The lowest BCUT2D eigenvalue weighted by Gasteiger charge is -2.41. The van der Waals surface area contributed by atoms with E-state index in [1.165, 1.54) is 27.1 Å². The van der Waals surface area contributed by atoms with Gasteiger partial charge in [-0.2, -0.15) is 4.31 Å². The molecule has 2 saturated heterocycles. The fourth-order valence-corrected chi connectivity index (χ4v) is 5.61. The van der Waals surface area contributed by atoms with Gasteiger partial charge < -0.3 is 14.4 Å². The maximum Gasteiger partial charge on any atom is 0.246 e. The molecular formula is C19H30N2O4S. The molecule has 2 aliphatic rings. The van der Waals surface area contributed by atoms with E-state index in [0.717, 1.165) is 31.8 Å². The van der Waals surface area contributed by atoms with Crippen molar-refractivity contribution in [3.05, 3.63) is 18.2 Å². The fourth-order valence-electron chi connectivity index (χ4n) is 3.97. The van der Waals surface area contributed by atoms with Crippen molar-refractivity contribution in [3.63, 3.8) is 0 Å². The third kappa shape index (κ3) is 4.00. The average Bonchev–Trinajstić information content (AvgIpc) is 2.68. The molecule has 0 aliphatic carbocycles. The first-order chi connectivity index (χ1) is 12.5. The highest BCUT2D eigenvalue weighted by atomic mass is 32.2. The Morgan fingerprint density at radius 2 is 1.62 bits per heavy atom. The summed E-state index contributed by atoms with van der Waals surface area (Å²) in [6, 6.07) is 5.40. The molecule has 0 bridgehead atoms. The van der Waals surface area contributed by atoms with E-state index in [-0.39, 0.29) is 4.90 Å². The number of benzene rings is 1. The molecule has 26 heavy (non-hydrogen) atoms. The minimum Gasteiger partial charge on any atom is -0.497 e. The molecule has 2 fully saturated rings. The first-order valence-corrected chi connectivity index (χ1v) is 10.9. The van der Waals surface area contributed by atoms with Gasteiger partial charge in [-0.3, -0.25) is 0 Å². The van der Waals surface area contributed by atoms with Crippen LogP contribution >= 0.6 is 0 Å². The van der Waals surface area contributed by atoms with Crippen molar-refractivity contribution in [2.24, 2.45) is 5.92 Å². The normalized spacial score (nSPS) is 21.7. The zero-order valence-corrected chi connectivity index (χ0v) is 16.8. The second kappa shape index (κ2) is 8.15. The van der Waals surface area contributed by atoms with Gasteiger partial charge >= 0.3 is 0 Å². The number of nitrogens with zero attached hydrogens (tertiary/aromatic N) is 2. The van der Waals surface area contributed by atoms with Gasteiger partial charge in [-0.1, -0.05) is 6.92 Å². The number of rotatable bonds is 5. The van der Waals surface area contributed by atoms with Crippen LogP contribution in [0.4, 0.5) is 0 Å². The summed E-state index contributed by atoms with van der Waals surface area (Å²) in [6.07, 6.45) is 4.28. The Kier molecular flexibility index (Phi) is 6.10. The summed E-state index contributed by atoms with van der Waals surface area (Å²) in [6.45, 7) is 5.71. The highest BCUT2D eigenvalue weighted by Gasteiger charge is 2.34. The van der Waals surface area contributed by atoms with Crippen LogP contribution < -0.4 is 9.47 Å². The molecule has 0 amide bonds. The van der Waals surface area contributed by atoms with E-state index >= 15 is 0 Å². The summed E-state index contributed by atoms with van der Waals surface area (Å²) in [4.78, 5) is 2.74. The van der Waals surface area contributed by atoms with Crippen molar-refractivity contribution in [3.8, 4) is 11.5 Å². The molecule has 0 saturated carbocycles. The minimum atomic E-state index is -3.59. The van der Waals surface area contributed by atoms with E-state index in [1.807, 2.05) is 0 Å². The summed E-state index contributed by atoms with van der Waals surface area (Å²) >= 11 is 0. The first kappa shape index (κ1) is 19.5. The molecule has 1 aromatic rings. The van der Waals surface area contributed by atoms with Gasteiger partial charge in [0.2, 0.25) is 10.0 Å². The lowest BCUT2D eigenvalue weighted by molar-refractivity contribution is 0.101. The second-order valence-corrected chi connectivity index (χ2v) is 9.28. The average molecular weight is 383 g/mol. The zero-order valence-electron chi connectivity index (χ0n) is 16.0. The maximum atomic E-state index is 13.1. The Hall–Kier alpha value is -1.31. The lowest BCUT2D eigenvalue weighted by Crippen LogP contribution is -2.48. The maximum absolute atomic E-state index is 13.1. The summed E-state index contributed by atoms with van der Waals surface area (Å²) in [5.41, 5.74) is 0.